The van der Waals surface area contributed by atoms with Crippen LogP contribution >= 0.6 is 0 Å². The Bertz CT molecular complexity index is 128. The zero-order chi connectivity index (χ0) is 12.2. The molecule has 2 unspecified atom stereocenters. The molecule has 0 aromatic carbocycles. The summed E-state index contributed by atoms with van der Waals surface area (Å²) >= 11 is 0. The Kier molecular flexibility index (Phi) is 11.5. The first kappa shape index (κ1) is 16.0. The van der Waals surface area contributed by atoms with Crippen LogP contribution in [-0.4, -0.2) is 0 Å². The molecule has 0 aliphatic heterocycles. The summed E-state index contributed by atoms with van der Waals surface area (Å²) in [7, 11) is 0. The van der Waals surface area contributed by atoms with Gasteiger partial charge in [-0.2, -0.15) is 0 Å². The van der Waals surface area contributed by atoms with Crippen molar-refractivity contribution in [2.75, 3.05) is 0 Å². The van der Waals surface area contributed by atoms with E-state index in [-0.39, 0.29) is 0 Å². The average Bonchev–Trinajstić information content (AvgIpc) is 2.30. The lowest BCUT2D eigenvalue weighted by atomic mass is 9.92. The first-order valence-corrected chi connectivity index (χ1v) is 7.49. The summed E-state index contributed by atoms with van der Waals surface area (Å²) < 4.78 is 0. The maximum atomic E-state index is 3.97. The minimum absolute atomic E-state index is 0.826. The number of hydrogen-bond acceptors (Lipinski definition) is 0. The lowest BCUT2D eigenvalue weighted by Gasteiger charge is -2.14. The van der Waals surface area contributed by atoms with Crippen LogP contribution in [0.4, 0.5) is 0 Å². The predicted molar refractivity (Wildman–Crippen MR) is 75.5 cm³/mol. The lowest BCUT2D eigenvalue weighted by molar-refractivity contribution is 0.399. The molecule has 0 N–H and O–H groups in total. The van der Waals surface area contributed by atoms with Crippen LogP contribution in [0.15, 0.2) is 0 Å². The Morgan fingerprint density at radius 3 is 1.94 bits per heavy atom. The maximum absolute atomic E-state index is 3.97. The van der Waals surface area contributed by atoms with Crippen molar-refractivity contribution in [2.24, 2.45) is 11.8 Å². The second-order valence-corrected chi connectivity index (χ2v) is 5.63. The van der Waals surface area contributed by atoms with Gasteiger partial charge in [-0.3, -0.25) is 0 Å². The molecule has 2 atom stereocenters. The summed E-state index contributed by atoms with van der Waals surface area (Å²) in [6, 6.07) is 0. The van der Waals surface area contributed by atoms with Crippen molar-refractivity contribution in [3.63, 3.8) is 0 Å². The van der Waals surface area contributed by atoms with Crippen LogP contribution in [0.2, 0.25) is 0 Å². The Labute approximate surface area is 104 Å². The summed E-state index contributed by atoms with van der Waals surface area (Å²) in [5.41, 5.74) is 0. The van der Waals surface area contributed by atoms with Gasteiger partial charge in [0.15, 0.2) is 0 Å². The molecule has 0 aromatic heterocycles. The third kappa shape index (κ3) is 10.5. The van der Waals surface area contributed by atoms with Crippen LogP contribution in [0.1, 0.15) is 85.0 Å². The fraction of sp³-hybridized carbons (Fsp3) is 0.938. The Morgan fingerprint density at radius 1 is 0.750 bits per heavy atom. The monoisotopic (exact) mass is 225 g/mol. The molecule has 0 saturated heterocycles. The lowest BCUT2D eigenvalue weighted by Crippen LogP contribution is -1.99. The number of rotatable bonds is 11. The second-order valence-electron chi connectivity index (χ2n) is 5.63. The minimum Gasteiger partial charge on any atom is -0.0654 e. The quantitative estimate of drug-likeness (QED) is 0.377. The molecule has 0 heterocycles. The van der Waals surface area contributed by atoms with Gasteiger partial charge in [0.25, 0.3) is 0 Å². The van der Waals surface area contributed by atoms with Crippen LogP contribution < -0.4 is 0 Å². The van der Waals surface area contributed by atoms with E-state index < -0.39 is 0 Å². The highest BCUT2D eigenvalue weighted by molar-refractivity contribution is 4.59. The van der Waals surface area contributed by atoms with E-state index in [0.717, 1.165) is 18.3 Å². The van der Waals surface area contributed by atoms with Crippen molar-refractivity contribution in [2.45, 2.75) is 85.0 Å². The van der Waals surface area contributed by atoms with Crippen molar-refractivity contribution in [1.82, 2.24) is 0 Å². The van der Waals surface area contributed by atoms with Gasteiger partial charge in [-0.15, -0.1) is 0 Å². The van der Waals surface area contributed by atoms with Crippen LogP contribution in [0, 0.1) is 18.8 Å². The first-order chi connectivity index (χ1) is 7.70. The van der Waals surface area contributed by atoms with E-state index in [4.69, 9.17) is 0 Å². The van der Waals surface area contributed by atoms with Crippen molar-refractivity contribution >= 4 is 0 Å². The summed E-state index contributed by atoms with van der Waals surface area (Å²) in [5, 5.41) is 0. The molecule has 0 aromatic rings. The van der Waals surface area contributed by atoms with Crippen molar-refractivity contribution in [3.05, 3.63) is 6.92 Å². The van der Waals surface area contributed by atoms with E-state index in [2.05, 4.69) is 27.7 Å². The molecular formula is C16H33. The second kappa shape index (κ2) is 11.5. The van der Waals surface area contributed by atoms with E-state index in [9.17, 15) is 0 Å². The van der Waals surface area contributed by atoms with Gasteiger partial charge in [-0.05, 0) is 11.8 Å². The summed E-state index contributed by atoms with van der Waals surface area (Å²) in [5.74, 6) is 1.76. The summed E-state index contributed by atoms with van der Waals surface area (Å²) in [4.78, 5) is 0. The average molecular weight is 225 g/mol. The molecule has 0 nitrogen and oxygen atoms in total. The molecule has 0 heteroatoms. The van der Waals surface area contributed by atoms with Gasteiger partial charge in [0.2, 0.25) is 0 Å². The fourth-order valence-electron chi connectivity index (χ4n) is 2.13. The standard InChI is InChI=1S/C16H33/c1-5-7-8-9-10-11-12-16(4)14-13-15(3)6-2/h15-16H,2,5-14H2,1,3-4H3. The van der Waals surface area contributed by atoms with E-state index in [1.165, 1.54) is 57.8 Å². The third-order valence-electron chi connectivity index (χ3n) is 3.70. The number of hydrogen-bond donors (Lipinski definition) is 0. The maximum Gasteiger partial charge on any atom is -0.0443 e. The molecule has 1 radical (unpaired) electrons. The highest BCUT2D eigenvalue weighted by Crippen LogP contribution is 2.19. The predicted octanol–water partition coefficient (Wildman–Crippen LogP) is 6.01. The van der Waals surface area contributed by atoms with Crippen molar-refractivity contribution in [1.29, 1.82) is 0 Å². The van der Waals surface area contributed by atoms with Gasteiger partial charge in [-0.25, -0.2) is 0 Å². The van der Waals surface area contributed by atoms with Gasteiger partial charge >= 0.3 is 0 Å². The van der Waals surface area contributed by atoms with Crippen molar-refractivity contribution in [3.8, 4) is 0 Å². The zero-order valence-corrected chi connectivity index (χ0v) is 11.9. The molecule has 0 saturated carbocycles. The number of unbranched alkanes of at least 4 members (excludes halogenated alkanes) is 5. The normalized spacial score (nSPS) is 15.0. The summed E-state index contributed by atoms with van der Waals surface area (Å²) in [6.07, 6.45) is 13.9. The SMILES string of the molecule is [CH2]CC(C)CCC(C)CCCCCCCC. The van der Waals surface area contributed by atoms with Gasteiger partial charge in [0.05, 0.1) is 0 Å². The Balaban J connectivity index is 3.20. The van der Waals surface area contributed by atoms with Crippen LogP contribution in [0.3, 0.4) is 0 Å². The summed E-state index contributed by atoms with van der Waals surface area (Å²) in [6.45, 7) is 11.0. The van der Waals surface area contributed by atoms with E-state index in [0.29, 0.717) is 0 Å². The van der Waals surface area contributed by atoms with E-state index in [1.807, 2.05) is 0 Å². The van der Waals surface area contributed by atoms with Gasteiger partial charge in [0.1, 0.15) is 0 Å². The van der Waals surface area contributed by atoms with Crippen LogP contribution in [0.5, 0.6) is 0 Å². The molecule has 97 valence electrons. The van der Waals surface area contributed by atoms with Gasteiger partial charge < -0.3 is 0 Å². The fourth-order valence-corrected chi connectivity index (χ4v) is 2.13. The van der Waals surface area contributed by atoms with Gasteiger partial charge in [-0.1, -0.05) is 91.9 Å². The molecule has 16 heavy (non-hydrogen) atoms. The molecule has 0 bridgehead atoms. The zero-order valence-electron chi connectivity index (χ0n) is 11.9. The molecular weight excluding hydrogens is 192 g/mol. The molecule has 0 rings (SSSR count). The Morgan fingerprint density at radius 2 is 1.31 bits per heavy atom. The van der Waals surface area contributed by atoms with E-state index in [1.54, 1.807) is 0 Å². The molecule has 0 fully saturated rings. The first-order valence-electron chi connectivity index (χ1n) is 7.49. The van der Waals surface area contributed by atoms with Crippen LogP contribution in [-0.2, 0) is 0 Å². The third-order valence-corrected chi connectivity index (χ3v) is 3.70. The molecule has 0 aliphatic rings. The Hall–Kier alpha value is 0. The largest absolute Gasteiger partial charge is 0.0654 e. The van der Waals surface area contributed by atoms with Crippen LogP contribution in [0.25, 0.3) is 0 Å². The highest BCUT2D eigenvalue weighted by Gasteiger charge is 2.05. The van der Waals surface area contributed by atoms with E-state index >= 15 is 0 Å². The molecule has 0 amide bonds. The van der Waals surface area contributed by atoms with Gasteiger partial charge in [0, 0.05) is 0 Å². The molecule has 0 aliphatic carbocycles. The van der Waals surface area contributed by atoms with Crippen molar-refractivity contribution < 1.29 is 0 Å². The topological polar surface area (TPSA) is 0 Å². The molecule has 0 spiro atoms. The minimum atomic E-state index is 0.826. The highest BCUT2D eigenvalue weighted by atomic mass is 14.1. The smallest absolute Gasteiger partial charge is 0.0443 e.